The lowest BCUT2D eigenvalue weighted by atomic mass is 10.1. The van der Waals surface area contributed by atoms with E-state index < -0.39 is 5.91 Å². The van der Waals surface area contributed by atoms with E-state index in [2.05, 4.69) is 33.8 Å². The number of nitrogens with zero attached hydrogens (tertiary/aromatic N) is 2. The molecule has 0 aliphatic carbocycles. The van der Waals surface area contributed by atoms with Gasteiger partial charge in [-0.05, 0) is 36.6 Å². The topological polar surface area (TPSA) is 60.9 Å². The van der Waals surface area contributed by atoms with E-state index in [0.29, 0.717) is 5.56 Å². The molecule has 4 heteroatoms. The maximum Gasteiger partial charge on any atom is 0.248 e. The zero-order chi connectivity index (χ0) is 14.7. The van der Waals surface area contributed by atoms with Crippen molar-refractivity contribution in [3.8, 4) is 0 Å². The number of carbonyl (C=O) groups excluding carboxylic acids is 1. The number of nitrogens with two attached hydrogens (primary N) is 1. The molecule has 0 saturated heterocycles. The molecule has 106 valence electrons. The monoisotopic (exact) mass is 279 g/mol. The SMILES string of the molecule is NC(=O)c1ccc2c(c1)ncn2CCCc1ccccc1. The second-order valence-electron chi connectivity index (χ2n) is 5.09. The summed E-state index contributed by atoms with van der Waals surface area (Å²) in [5.41, 5.74) is 8.97. The van der Waals surface area contributed by atoms with E-state index in [1.54, 1.807) is 12.1 Å². The number of aryl methyl sites for hydroxylation is 2. The lowest BCUT2D eigenvalue weighted by Crippen LogP contribution is -2.10. The molecule has 0 aliphatic rings. The molecule has 3 rings (SSSR count). The second-order valence-corrected chi connectivity index (χ2v) is 5.09. The van der Waals surface area contributed by atoms with Crippen molar-refractivity contribution >= 4 is 16.9 Å². The first-order valence-electron chi connectivity index (χ1n) is 7.02. The first-order valence-corrected chi connectivity index (χ1v) is 7.02. The summed E-state index contributed by atoms with van der Waals surface area (Å²) in [7, 11) is 0. The van der Waals surface area contributed by atoms with Gasteiger partial charge in [0, 0.05) is 12.1 Å². The molecule has 0 unspecified atom stereocenters. The fourth-order valence-corrected chi connectivity index (χ4v) is 2.49. The average Bonchev–Trinajstić information content (AvgIpc) is 2.91. The van der Waals surface area contributed by atoms with Crippen LogP contribution in [0.1, 0.15) is 22.3 Å². The Kier molecular flexibility index (Phi) is 3.69. The van der Waals surface area contributed by atoms with E-state index >= 15 is 0 Å². The number of aromatic nitrogens is 2. The summed E-state index contributed by atoms with van der Waals surface area (Å²) < 4.78 is 2.11. The molecule has 2 N–H and O–H groups in total. The number of rotatable bonds is 5. The minimum atomic E-state index is -0.421. The van der Waals surface area contributed by atoms with Crippen molar-refractivity contribution < 1.29 is 4.79 Å². The number of hydrogen-bond donors (Lipinski definition) is 1. The van der Waals surface area contributed by atoms with Crippen molar-refractivity contribution in [2.24, 2.45) is 5.73 Å². The van der Waals surface area contributed by atoms with Crippen molar-refractivity contribution in [1.29, 1.82) is 0 Å². The number of primary amides is 1. The minimum absolute atomic E-state index is 0.421. The Balaban J connectivity index is 1.71. The Hall–Kier alpha value is -2.62. The van der Waals surface area contributed by atoms with Crippen LogP contribution < -0.4 is 5.73 Å². The predicted octanol–water partition coefficient (Wildman–Crippen LogP) is 2.77. The lowest BCUT2D eigenvalue weighted by Gasteiger charge is -2.05. The summed E-state index contributed by atoms with van der Waals surface area (Å²) in [6.07, 6.45) is 3.91. The van der Waals surface area contributed by atoms with Crippen molar-refractivity contribution in [2.75, 3.05) is 0 Å². The van der Waals surface area contributed by atoms with Gasteiger partial charge in [0.25, 0.3) is 0 Å². The van der Waals surface area contributed by atoms with Gasteiger partial charge in [-0.1, -0.05) is 30.3 Å². The van der Waals surface area contributed by atoms with Crippen molar-refractivity contribution in [2.45, 2.75) is 19.4 Å². The summed E-state index contributed by atoms with van der Waals surface area (Å²) in [5, 5.41) is 0. The van der Waals surface area contributed by atoms with E-state index in [4.69, 9.17) is 5.73 Å². The molecule has 2 aromatic carbocycles. The second kappa shape index (κ2) is 5.79. The average molecular weight is 279 g/mol. The van der Waals surface area contributed by atoms with Crippen LogP contribution in [0.3, 0.4) is 0 Å². The molecule has 0 saturated carbocycles. The highest BCUT2D eigenvalue weighted by Crippen LogP contribution is 2.15. The Bertz CT molecular complexity index is 762. The van der Waals surface area contributed by atoms with E-state index in [0.717, 1.165) is 30.4 Å². The van der Waals surface area contributed by atoms with Gasteiger partial charge in [0.15, 0.2) is 0 Å². The van der Waals surface area contributed by atoms with Gasteiger partial charge >= 0.3 is 0 Å². The number of hydrogen-bond acceptors (Lipinski definition) is 2. The molecule has 0 radical (unpaired) electrons. The molecule has 4 nitrogen and oxygen atoms in total. The Labute approximate surface area is 123 Å². The molecule has 3 aromatic rings. The maximum atomic E-state index is 11.2. The molecule has 1 amide bonds. The molecule has 0 aliphatic heterocycles. The standard InChI is InChI=1S/C17H17N3O/c18-17(21)14-8-9-16-15(11-14)19-12-20(16)10-4-7-13-5-2-1-3-6-13/h1-3,5-6,8-9,11-12H,4,7,10H2,(H2,18,21). The maximum absolute atomic E-state index is 11.2. The van der Waals surface area contributed by atoms with Crippen LogP contribution >= 0.6 is 0 Å². The largest absolute Gasteiger partial charge is 0.366 e. The van der Waals surface area contributed by atoms with Crippen LogP contribution in [0.15, 0.2) is 54.9 Å². The number of imidazole rings is 1. The highest BCUT2D eigenvalue weighted by atomic mass is 16.1. The zero-order valence-corrected chi connectivity index (χ0v) is 11.7. The molecule has 21 heavy (non-hydrogen) atoms. The smallest absolute Gasteiger partial charge is 0.248 e. The van der Waals surface area contributed by atoms with Crippen molar-refractivity contribution in [1.82, 2.24) is 9.55 Å². The summed E-state index contributed by atoms with van der Waals surface area (Å²) in [5.74, 6) is -0.421. The van der Waals surface area contributed by atoms with Gasteiger partial charge in [0.1, 0.15) is 0 Å². The summed E-state index contributed by atoms with van der Waals surface area (Å²) in [6.45, 7) is 0.904. The van der Waals surface area contributed by atoms with Gasteiger partial charge in [-0.3, -0.25) is 4.79 Å². The Morgan fingerprint density at radius 1 is 1.14 bits per heavy atom. The summed E-state index contributed by atoms with van der Waals surface area (Å²) in [4.78, 5) is 15.5. The van der Waals surface area contributed by atoms with Gasteiger partial charge in [0.2, 0.25) is 5.91 Å². The Morgan fingerprint density at radius 3 is 2.71 bits per heavy atom. The van der Waals surface area contributed by atoms with Crippen LogP contribution in [0.4, 0.5) is 0 Å². The number of amides is 1. The van der Waals surface area contributed by atoms with Crippen molar-refractivity contribution in [3.63, 3.8) is 0 Å². The van der Waals surface area contributed by atoms with Crippen LogP contribution in [0, 0.1) is 0 Å². The molecular weight excluding hydrogens is 262 g/mol. The number of fused-ring (bicyclic) bond motifs is 1. The fourth-order valence-electron chi connectivity index (χ4n) is 2.49. The normalized spacial score (nSPS) is 10.9. The zero-order valence-electron chi connectivity index (χ0n) is 11.7. The molecule has 0 spiro atoms. The van der Waals surface area contributed by atoms with Gasteiger partial charge in [-0.2, -0.15) is 0 Å². The third-order valence-electron chi connectivity index (χ3n) is 3.61. The first kappa shape index (κ1) is 13.4. The third kappa shape index (κ3) is 2.94. The van der Waals surface area contributed by atoms with Gasteiger partial charge in [-0.15, -0.1) is 0 Å². The highest BCUT2D eigenvalue weighted by Gasteiger charge is 2.06. The molecular formula is C17H17N3O. The molecule has 1 aromatic heterocycles. The molecule has 1 heterocycles. The van der Waals surface area contributed by atoms with Gasteiger partial charge < -0.3 is 10.3 Å². The number of carbonyl (C=O) groups is 1. The predicted molar refractivity (Wildman–Crippen MR) is 83.0 cm³/mol. The van der Waals surface area contributed by atoms with E-state index in [1.165, 1.54) is 5.56 Å². The Morgan fingerprint density at radius 2 is 1.95 bits per heavy atom. The number of benzene rings is 2. The third-order valence-corrected chi connectivity index (χ3v) is 3.61. The van der Waals surface area contributed by atoms with Crippen molar-refractivity contribution in [3.05, 3.63) is 66.0 Å². The van der Waals surface area contributed by atoms with Crippen LogP contribution in [-0.4, -0.2) is 15.5 Å². The van der Waals surface area contributed by atoms with Crippen LogP contribution in [0.2, 0.25) is 0 Å². The summed E-state index contributed by atoms with van der Waals surface area (Å²) >= 11 is 0. The summed E-state index contributed by atoms with van der Waals surface area (Å²) in [6, 6.07) is 15.8. The molecule has 0 atom stereocenters. The van der Waals surface area contributed by atoms with Crippen LogP contribution in [0.5, 0.6) is 0 Å². The molecule has 0 bridgehead atoms. The minimum Gasteiger partial charge on any atom is -0.366 e. The van der Waals surface area contributed by atoms with E-state index in [1.807, 2.05) is 18.5 Å². The van der Waals surface area contributed by atoms with Gasteiger partial charge in [-0.25, -0.2) is 4.98 Å². The molecule has 0 fully saturated rings. The van der Waals surface area contributed by atoms with Crippen LogP contribution in [-0.2, 0) is 13.0 Å². The lowest BCUT2D eigenvalue weighted by molar-refractivity contribution is 0.100. The highest BCUT2D eigenvalue weighted by molar-refractivity contribution is 5.96. The van der Waals surface area contributed by atoms with Gasteiger partial charge in [0.05, 0.1) is 17.4 Å². The van der Waals surface area contributed by atoms with Crippen LogP contribution in [0.25, 0.3) is 11.0 Å². The quantitative estimate of drug-likeness (QED) is 0.780. The first-order chi connectivity index (χ1) is 10.2. The van der Waals surface area contributed by atoms with E-state index in [-0.39, 0.29) is 0 Å². The fraction of sp³-hybridized carbons (Fsp3) is 0.176. The van der Waals surface area contributed by atoms with E-state index in [9.17, 15) is 4.79 Å².